The second-order valence-electron chi connectivity index (χ2n) is 9.40. The van der Waals surface area contributed by atoms with Gasteiger partial charge in [0.2, 0.25) is 12.2 Å². The highest BCUT2D eigenvalue weighted by Crippen LogP contribution is 2.29. The smallest absolute Gasteiger partial charge is 0.305 e. The molecular weight excluding hydrogens is 498 g/mol. The molecule has 206 valence electrons. The monoisotopic (exact) mass is 533 g/mol. The molecule has 0 spiro atoms. The standard InChI is InChI=1S/C31H35NO7/c1-22(33)32-28-30(37-20-26-16-10-5-11-17-26)29(36-19-25-14-8-4-9-15-25)27(39-31(28)38-23(2)34)21-35-18-24-12-6-3-7-13-24/h3-17,27-31H,18-21H2,1-2H3,(H,32,33)/t27-,28+,29-,30-,31-/m1/s1. The van der Waals surface area contributed by atoms with Gasteiger partial charge in [-0.25, -0.2) is 0 Å². The molecule has 1 N–H and O–H groups in total. The van der Waals surface area contributed by atoms with Crippen LogP contribution in [0.1, 0.15) is 30.5 Å². The molecule has 1 aliphatic heterocycles. The maximum atomic E-state index is 12.2. The van der Waals surface area contributed by atoms with Gasteiger partial charge in [-0.1, -0.05) is 91.0 Å². The first-order valence-corrected chi connectivity index (χ1v) is 13.0. The van der Waals surface area contributed by atoms with E-state index in [-0.39, 0.29) is 19.1 Å². The van der Waals surface area contributed by atoms with E-state index < -0.39 is 36.6 Å². The number of carbonyl (C=O) groups excluding carboxylic acids is 2. The lowest BCUT2D eigenvalue weighted by Gasteiger charge is -2.45. The molecule has 0 aliphatic carbocycles. The van der Waals surface area contributed by atoms with Gasteiger partial charge >= 0.3 is 5.97 Å². The maximum absolute atomic E-state index is 12.2. The van der Waals surface area contributed by atoms with Crippen LogP contribution < -0.4 is 5.32 Å². The van der Waals surface area contributed by atoms with Gasteiger partial charge in [-0.15, -0.1) is 0 Å². The summed E-state index contributed by atoms with van der Waals surface area (Å²) in [5.74, 6) is -0.848. The normalized spacial score (nSPS) is 22.7. The Hall–Kier alpha value is -3.56. The Morgan fingerprint density at radius 3 is 1.69 bits per heavy atom. The number of nitrogens with one attached hydrogen (secondary N) is 1. The highest BCUT2D eigenvalue weighted by Gasteiger charge is 2.49. The summed E-state index contributed by atoms with van der Waals surface area (Å²) in [7, 11) is 0. The Morgan fingerprint density at radius 2 is 1.21 bits per heavy atom. The maximum Gasteiger partial charge on any atom is 0.305 e. The SMILES string of the molecule is CC(=O)N[C@@H]1[C@H](OC(C)=O)O[C@H](COCc2ccccc2)[C@@H](OCc2ccccc2)[C@@H]1OCc1ccccc1. The molecule has 1 saturated heterocycles. The highest BCUT2D eigenvalue weighted by molar-refractivity contribution is 5.73. The Bertz CT molecular complexity index is 1160. The molecule has 1 heterocycles. The van der Waals surface area contributed by atoms with Gasteiger partial charge in [-0.05, 0) is 16.7 Å². The van der Waals surface area contributed by atoms with Crippen molar-refractivity contribution in [3.63, 3.8) is 0 Å². The van der Waals surface area contributed by atoms with E-state index in [1.54, 1.807) is 0 Å². The summed E-state index contributed by atoms with van der Waals surface area (Å²) >= 11 is 0. The molecule has 5 atom stereocenters. The summed E-state index contributed by atoms with van der Waals surface area (Å²) < 4.78 is 30.7. The van der Waals surface area contributed by atoms with E-state index in [2.05, 4.69) is 5.32 Å². The van der Waals surface area contributed by atoms with Crippen LogP contribution in [-0.4, -0.2) is 49.1 Å². The molecule has 3 aromatic rings. The molecule has 1 amide bonds. The number of hydrogen-bond donors (Lipinski definition) is 1. The van der Waals surface area contributed by atoms with Crippen molar-refractivity contribution in [2.24, 2.45) is 0 Å². The lowest BCUT2D eigenvalue weighted by Crippen LogP contribution is -2.66. The van der Waals surface area contributed by atoms with Crippen molar-refractivity contribution in [1.29, 1.82) is 0 Å². The van der Waals surface area contributed by atoms with Crippen molar-refractivity contribution in [2.45, 2.75) is 64.3 Å². The average Bonchev–Trinajstić information content (AvgIpc) is 2.94. The van der Waals surface area contributed by atoms with Crippen LogP contribution in [0.5, 0.6) is 0 Å². The third-order valence-electron chi connectivity index (χ3n) is 6.26. The number of rotatable bonds is 12. The summed E-state index contributed by atoms with van der Waals surface area (Å²) in [5, 5.41) is 2.87. The van der Waals surface area contributed by atoms with Crippen molar-refractivity contribution in [3.8, 4) is 0 Å². The molecule has 0 bridgehead atoms. The Balaban J connectivity index is 1.60. The highest BCUT2D eigenvalue weighted by atomic mass is 16.7. The number of ether oxygens (including phenoxy) is 5. The van der Waals surface area contributed by atoms with E-state index in [1.165, 1.54) is 13.8 Å². The van der Waals surface area contributed by atoms with Crippen LogP contribution in [0, 0.1) is 0 Å². The first-order chi connectivity index (χ1) is 19.0. The van der Waals surface area contributed by atoms with Gasteiger partial charge in [-0.2, -0.15) is 0 Å². The molecular formula is C31H35NO7. The zero-order chi connectivity index (χ0) is 27.5. The summed E-state index contributed by atoms with van der Waals surface area (Å²) in [6.45, 7) is 3.78. The molecule has 8 heteroatoms. The van der Waals surface area contributed by atoms with E-state index >= 15 is 0 Å². The number of hydrogen-bond acceptors (Lipinski definition) is 7. The van der Waals surface area contributed by atoms with Crippen LogP contribution in [0.2, 0.25) is 0 Å². The topological polar surface area (TPSA) is 92.3 Å². The molecule has 3 aromatic carbocycles. The number of carbonyl (C=O) groups is 2. The molecule has 8 nitrogen and oxygen atoms in total. The van der Waals surface area contributed by atoms with E-state index in [9.17, 15) is 9.59 Å². The molecule has 0 unspecified atom stereocenters. The van der Waals surface area contributed by atoms with Crippen LogP contribution in [0.15, 0.2) is 91.0 Å². The molecule has 4 rings (SSSR count). The second-order valence-corrected chi connectivity index (χ2v) is 9.40. The van der Waals surface area contributed by atoms with Gasteiger partial charge in [-0.3, -0.25) is 9.59 Å². The first kappa shape index (κ1) is 28.4. The van der Waals surface area contributed by atoms with Gasteiger partial charge in [0.05, 0.1) is 26.4 Å². The molecule has 1 aliphatic rings. The van der Waals surface area contributed by atoms with Gasteiger partial charge in [0, 0.05) is 13.8 Å². The van der Waals surface area contributed by atoms with E-state index in [0.717, 1.165) is 16.7 Å². The predicted molar refractivity (Wildman–Crippen MR) is 144 cm³/mol. The van der Waals surface area contributed by atoms with Gasteiger partial charge < -0.3 is 29.0 Å². The van der Waals surface area contributed by atoms with E-state index in [1.807, 2.05) is 91.0 Å². The molecule has 0 radical (unpaired) electrons. The fourth-order valence-corrected chi connectivity index (χ4v) is 4.49. The first-order valence-electron chi connectivity index (χ1n) is 13.0. The summed E-state index contributed by atoms with van der Waals surface area (Å²) in [6.07, 6.45) is -3.09. The van der Waals surface area contributed by atoms with Crippen LogP contribution in [0.25, 0.3) is 0 Å². The fourth-order valence-electron chi connectivity index (χ4n) is 4.49. The third-order valence-corrected chi connectivity index (χ3v) is 6.26. The number of benzene rings is 3. The van der Waals surface area contributed by atoms with Gasteiger partial charge in [0.1, 0.15) is 24.4 Å². The Labute approximate surface area is 229 Å². The van der Waals surface area contributed by atoms with Crippen molar-refractivity contribution in [3.05, 3.63) is 108 Å². The minimum Gasteiger partial charge on any atom is -0.434 e. The second kappa shape index (κ2) is 14.6. The summed E-state index contributed by atoms with van der Waals surface area (Å²) in [4.78, 5) is 24.2. The van der Waals surface area contributed by atoms with Gasteiger partial charge in [0.25, 0.3) is 0 Å². The number of amides is 1. The summed E-state index contributed by atoms with van der Waals surface area (Å²) in [5.41, 5.74) is 2.94. The van der Waals surface area contributed by atoms with Gasteiger partial charge in [0.15, 0.2) is 0 Å². The van der Waals surface area contributed by atoms with Crippen molar-refractivity contribution >= 4 is 11.9 Å². The lowest BCUT2D eigenvalue weighted by molar-refractivity contribution is -0.283. The largest absolute Gasteiger partial charge is 0.434 e. The zero-order valence-electron chi connectivity index (χ0n) is 22.2. The van der Waals surface area contributed by atoms with E-state index in [4.69, 9.17) is 23.7 Å². The number of esters is 1. The van der Waals surface area contributed by atoms with E-state index in [0.29, 0.717) is 13.2 Å². The molecule has 39 heavy (non-hydrogen) atoms. The van der Waals surface area contributed by atoms with Crippen LogP contribution in [-0.2, 0) is 53.1 Å². The molecule has 1 fully saturated rings. The minimum absolute atomic E-state index is 0.157. The fraction of sp³-hybridized carbons (Fsp3) is 0.355. The summed E-state index contributed by atoms with van der Waals surface area (Å²) in [6, 6.07) is 28.5. The Morgan fingerprint density at radius 1 is 0.718 bits per heavy atom. The minimum atomic E-state index is -1.09. The van der Waals surface area contributed by atoms with Crippen LogP contribution in [0.4, 0.5) is 0 Å². The van der Waals surface area contributed by atoms with Crippen molar-refractivity contribution in [1.82, 2.24) is 5.32 Å². The van der Waals surface area contributed by atoms with Crippen molar-refractivity contribution < 1.29 is 33.3 Å². The average molecular weight is 534 g/mol. The lowest BCUT2D eigenvalue weighted by atomic mass is 9.95. The Kier molecular flexibility index (Phi) is 10.6. The van der Waals surface area contributed by atoms with Crippen molar-refractivity contribution in [2.75, 3.05) is 6.61 Å². The quantitative estimate of drug-likeness (QED) is 0.350. The zero-order valence-corrected chi connectivity index (χ0v) is 22.2. The third kappa shape index (κ3) is 8.73. The molecule has 0 saturated carbocycles. The predicted octanol–water partition coefficient (Wildman–Crippen LogP) is 4.17. The van der Waals surface area contributed by atoms with Crippen LogP contribution in [0.3, 0.4) is 0 Å². The van der Waals surface area contributed by atoms with Crippen LogP contribution >= 0.6 is 0 Å². The molecule has 0 aromatic heterocycles.